The summed E-state index contributed by atoms with van der Waals surface area (Å²) in [5.74, 6) is -0.00272. The predicted octanol–water partition coefficient (Wildman–Crippen LogP) is 2.79. The second-order valence-corrected chi connectivity index (χ2v) is 6.80. The summed E-state index contributed by atoms with van der Waals surface area (Å²) >= 11 is 0. The van der Waals surface area contributed by atoms with E-state index in [0.29, 0.717) is 0 Å². The number of hydrogen-bond donors (Lipinski definition) is 1. The van der Waals surface area contributed by atoms with E-state index in [1.165, 1.54) is 12.1 Å². The Labute approximate surface area is 120 Å². The van der Waals surface area contributed by atoms with Crippen LogP contribution in [0.3, 0.4) is 0 Å². The van der Waals surface area contributed by atoms with Crippen LogP contribution in [0.1, 0.15) is 27.7 Å². The first-order chi connectivity index (χ1) is 9.13. The third kappa shape index (κ3) is 2.81. The lowest BCUT2D eigenvalue weighted by Crippen LogP contribution is -2.47. The van der Waals surface area contributed by atoms with Crippen LogP contribution in [0, 0.1) is 11.7 Å². The highest BCUT2D eigenvalue weighted by atomic mass is 19.1. The maximum Gasteiger partial charge on any atom is 0.123 e. The van der Waals surface area contributed by atoms with E-state index in [4.69, 9.17) is 10.5 Å². The Kier molecular flexibility index (Phi) is 3.82. The van der Waals surface area contributed by atoms with Crippen LogP contribution in [0.2, 0.25) is 0 Å². The van der Waals surface area contributed by atoms with E-state index in [-0.39, 0.29) is 29.0 Å². The molecular formula is C16H25FN2O. The summed E-state index contributed by atoms with van der Waals surface area (Å²) in [6.45, 7) is 9.04. The van der Waals surface area contributed by atoms with Crippen LogP contribution in [0.5, 0.6) is 0 Å². The van der Waals surface area contributed by atoms with Crippen molar-refractivity contribution in [1.82, 2.24) is 0 Å². The third-order valence-corrected chi connectivity index (χ3v) is 4.39. The standard InChI is InChI=1S/C16H25FN2O/c1-15(2)13(14(18)16(3,4)20-15)10-19(5)12-8-6-11(17)7-9-12/h6-9,13-14H,10,18H2,1-5H3. The van der Waals surface area contributed by atoms with Gasteiger partial charge in [-0.05, 0) is 52.0 Å². The Bertz CT molecular complexity index is 470. The fourth-order valence-electron chi connectivity index (χ4n) is 3.17. The number of ether oxygens (including phenoxy) is 1. The van der Waals surface area contributed by atoms with E-state index in [9.17, 15) is 4.39 Å². The first-order valence-electron chi connectivity index (χ1n) is 7.06. The third-order valence-electron chi connectivity index (χ3n) is 4.39. The quantitative estimate of drug-likeness (QED) is 0.925. The van der Waals surface area contributed by atoms with Gasteiger partial charge in [-0.15, -0.1) is 0 Å². The van der Waals surface area contributed by atoms with Crippen molar-refractivity contribution in [2.45, 2.75) is 44.9 Å². The van der Waals surface area contributed by atoms with Crippen molar-refractivity contribution in [1.29, 1.82) is 0 Å². The zero-order valence-corrected chi connectivity index (χ0v) is 13.0. The van der Waals surface area contributed by atoms with Gasteiger partial charge < -0.3 is 15.4 Å². The molecule has 0 radical (unpaired) electrons. The minimum absolute atomic E-state index is 0.0274. The molecular weight excluding hydrogens is 255 g/mol. The largest absolute Gasteiger partial charge is 0.374 e. The molecule has 1 saturated heterocycles. The topological polar surface area (TPSA) is 38.5 Å². The molecule has 0 aliphatic carbocycles. The van der Waals surface area contributed by atoms with Gasteiger partial charge in [0.15, 0.2) is 0 Å². The molecule has 2 N–H and O–H groups in total. The van der Waals surface area contributed by atoms with Crippen LogP contribution >= 0.6 is 0 Å². The lowest BCUT2D eigenvalue weighted by Gasteiger charge is -2.32. The molecule has 112 valence electrons. The molecule has 1 aromatic carbocycles. The summed E-state index contributed by atoms with van der Waals surface area (Å²) < 4.78 is 19.1. The number of nitrogens with two attached hydrogens (primary N) is 1. The molecule has 3 nitrogen and oxygen atoms in total. The van der Waals surface area contributed by atoms with Gasteiger partial charge in [-0.25, -0.2) is 4.39 Å². The molecule has 1 fully saturated rings. The van der Waals surface area contributed by atoms with Gasteiger partial charge in [0.05, 0.1) is 11.2 Å². The van der Waals surface area contributed by atoms with Crippen molar-refractivity contribution in [2.75, 3.05) is 18.5 Å². The molecule has 0 spiro atoms. The first kappa shape index (κ1) is 15.3. The van der Waals surface area contributed by atoms with Crippen LogP contribution in [-0.4, -0.2) is 30.8 Å². The molecule has 0 bridgehead atoms. The average Bonchev–Trinajstić information content (AvgIpc) is 2.48. The van der Waals surface area contributed by atoms with Gasteiger partial charge >= 0.3 is 0 Å². The highest BCUT2D eigenvalue weighted by molar-refractivity contribution is 5.45. The minimum atomic E-state index is -0.322. The van der Waals surface area contributed by atoms with E-state index >= 15 is 0 Å². The van der Waals surface area contributed by atoms with E-state index < -0.39 is 0 Å². The van der Waals surface area contributed by atoms with E-state index in [2.05, 4.69) is 18.7 Å². The fraction of sp³-hybridized carbons (Fsp3) is 0.625. The minimum Gasteiger partial charge on any atom is -0.374 e. The smallest absolute Gasteiger partial charge is 0.123 e. The van der Waals surface area contributed by atoms with Crippen molar-refractivity contribution < 1.29 is 9.13 Å². The van der Waals surface area contributed by atoms with Crippen molar-refractivity contribution >= 4 is 5.69 Å². The molecule has 20 heavy (non-hydrogen) atoms. The van der Waals surface area contributed by atoms with Crippen molar-refractivity contribution in [3.05, 3.63) is 30.1 Å². The summed E-state index contributed by atoms with van der Waals surface area (Å²) in [6, 6.07) is 6.50. The molecule has 0 amide bonds. The zero-order chi connectivity index (χ0) is 15.1. The molecule has 1 aliphatic heterocycles. The molecule has 1 aromatic rings. The fourth-order valence-corrected chi connectivity index (χ4v) is 3.17. The number of rotatable bonds is 3. The van der Waals surface area contributed by atoms with Gasteiger partial charge in [0.25, 0.3) is 0 Å². The van der Waals surface area contributed by atoms with Crippen LogP contribution in [-0.2, 0) is 4.74 Å². The Morgan fingerprint density at radius 1 is 1.15 bits per heavy atom. The number of benzene rings is 1. The maximum atomic E-state index is 13.0. The average molecular weight is 280 g/mol. The number of nitrogens with zero attached hydrogens (tertiary/aromatic N) is 1. The molecule has 0 aromatic heterocycles. The van der Waals surface area contributed by atoms with Gasteiger partial charge in [0.1, 0.15) is 5.82 Å². The highest BCUT2D eigenvalue weighted by Gasteiger charge is 2.52. The molecule has 2 rings (SSSR count). The van der Waals surface area contributed by atoms with Crippen LogP contribution in [0.15, 0.2) is 24.3 Å². The first-order valence-corrected chi connectivity index (χ1v) is 7.06. The number of halogens is 1. The highest BCUT2D eigenvalue weighted by Crippen LogP contribution is 2.41. The second-order valence-electron chi connectivity index (χ2n) is 6.80. The lowest BCUT2D eigenvalue weighted by atomic mass is 9.82. The maximum absolute atomic E-state index is 13.0. The number of hydrogen-bond acceptors (Lipinski definition) is 3. The van der Waals surface area contributed by atoms with E-state index in [0.717, 1.165) is 12.2 Å². The normalized spacial score (nSPS) is 27.6. The SMILES string of the molecule is CN(CC1C(N)C(C)(C)OC1(C)C)c1ccc(F)cc1. The van der Waals surface area contributed by atoms with Gasteiger partial charge in [-0.2, -0.15) is 0 Å². The van der Waals surface area contributed by atoms with Crippen molar-refractivity contribution in [3.63, 3.8) is 0 Å². The van der Waals surface area contributed by atoms with Gasteiger partial charge in [-0.3, -0.25) is 0 Å². The second kappa shape index (κ2) is 5.01. The summed E-state index contributed by atoms with van der Waals surface area (Å²) in [5.41, 5.74) is 6.77. The molecule has 4 heteroatoms. The zero-order valence-electron chi connectivity index (χ0n) is 13.0. The molecule has 2 atom stereocenters. The molecule has 2 unspecified atom stereocenters. The molecule has 0 saturated carbocycles. The van der Waals surface area contributed by atoms with Crippen molar-refractivity contribution in [2.24, 2.45) is 11.7 Å². The Balaban J connectivity index is 2.14. The van der Waals surface area contributed by atoms with Gasteiger partial charge in [0, 0.05) is 31.2 Å². The van der Waals surface area contributed by atoms with Crippen molar-refractivity contribution in [3.8, 4) is 0 Å². The van der Waals surface area contributed by atoms with E-state index in [1.807, 2.05) is 20.9 Å². The number of anilines is 1. The predicted molar refractivity (Wildman–Crippen MR) is 80.4 cm³/mol. The summed E-state index contributed by atoms with van der Waals surface area (Å²) in [4.78, 5) is 2.11. The monoisotopic (exact) mass is 280 g/mol. The lowest BCUT2D eigenvalue weighted by molar-refractivity contribution is -0.0756. The van der Waals surface area contributed by atoms with Crippen LogP contribution in [0.4, 0.5) is 10.1 Å². The summed E-state index contributed by atoms with van der Waals surface area (Å²) in [5, 5.41) is 0. The molecule has 1 heterocycles. The summed E-state index contributed by atoms with van der Waals surface area (Å²) in [6.07, 6.45) is 0. The Hall–Kier alpha value is -1.13. The van der Waals surface area contributed by atoms with Crippen LogP contribution < -0.4 is 10.6 Å². The summed E-state index contributed by atoms with van der Waals surface area (Å²) in [7, 11) is 2.00. The van der Waals surface area contributed by atoms with E-state index in [1.54, 1.807) is 12.1 Å². The van der Waals surface area contributed by atoms with Gasteiger partial charge in [0.2, 0.25) is 0 Å². The Morgan fingerprint density at radius 2 is 1.70 bits per heavy atom. The Morgan fingerprint density at radius 3 is 2.15 bits per heavy atom. The van der Waals surface area contributed by atoms with Gasteiger partial charge in [-0.1, -0.05) is 0 Å². The molecule has 1 aliphatic rings. The van der Waals surface area contributed by atoms with Crippen LogP contribution in [0.25, 0.3) is 0 Å².